The summed E-state index contributed by atoms with van der Waals surface area (Å²) in [7, 11) is 0. The maximum atomic E-state index is 5.31. The zero-order valence-electron chi connectivity index (χ0n) is 32.7. The first-order chi connectivity index (χ1) is 29.8. The van der Waals surface area contributed by atoms with Crippen LogP contribution in [0.3, 0.4) is 0 Å². The van der Waals surface area contributed by atoms with Crippen molar-refractivity contribution in [2.24, 2.45) is 0 Å². The van der Waals surface area contributed by atoms with Crippen LogP contribution in [0.4, 0.5) is 0 Å². The van der Waals surface area contributed by atoms with Gasteiger partial charge in [0.25, 0.3) is 0 Å². The van der Waals surface area contributed by atoms with Crippen LogP contribution in [0.25, 0.3) is 121 Å². The highest BCUT2D eigenvalue weighted by Gasteiger charge is 2.17. The predicted octanol–water partition coefficient (Wildman–Crippen LogP) is 15.7. The highest BCUT2D eigenvalue weighted by molar-refractivity contribution is 6.32. The molecule has 12 rings (SSSR count). The van der Waals surface area contributed by atoms with Crippen LogP contribution < -0.4 is 0 Å². The number of fused-ring (bicyclic) bond motifs is 6. The molecule has 2 heteroatoms. The average Bonchev–Trinajstić information content (AvgIpc) is 3.33. The highest BCUT2D eigenvalue weighted by Crippen LogP contribution is 2.42. The van der Waals surface area contributed by atoms with Crippen LogP contribution in [0.5, 0.6) is 0 Å². The van der Waals surface area contributed by atoms with Gasteiger partial charge in [-0.2, -0.15) is 0 Å². The lowest BCUT2D eigenvalue weighted by atomic mass is 9.89. The van der Waals surface area contributed by atoms with E-state index in [0.29, 0.717) is 0 Å². The third-order valence-electron chi connectivity index (χ3n) is 12.3. The molecule has 0 amide bonds. The van der Waals surface area contributed by atoms with Gasteiger partial charge in [-0.1, -0.05) is 206 Å². The number of aromatic nitrogens is 2. The molecule has 0 saturated carbocycles. The fourth-order valence-corrected chi connectivity index (χ4v) is 9.48. The molecule has 0 aliphatic carbocycles. The molecule has 0 saturated heterocycles. The van der Waals surface area contributed by atoms with E-state index in [0.717, 1.165) is 39.2 Å². The molecule has 0 aliphatic heterocycles. The minimum absolute atomic E-state index is 0.850. The van der Waals surface area contributed by atoms with Crippen LogP contribution in [-0.4, -0.2) is 9.97 Å². The summed E-state index contributed by atoms with van der Waals surface area (Å²) in [5, 5.41) is 15.1. The quantitative estimate of drug-likeness (QED) is 0.163. The second-order valence-electron chi connectivity index (χ2n) is 15.6. The fraction of sp³-hybridized carbons (Fsp3) is 0. The third-order valence-corrected chi connectivity index (χ3v) is 12.3. The Morgan fingerprint density at radius 2 is 0.750 bits per heavy atom. The van der Waals surface area contributed by atoms with Crippen molar-refractivity contribution in [3.63, 3.8) is 0 Å². The van der Waals surface area contributed by atoms with Gasteiger partial charge in [0.1, 0.15) is 0 Å². The van der Waals surface area contributed by atoms with E-state index in [1.807, 2.05) is 30.5 Å². The van der Waals surface area contributed by atoms with Gasteiger partial charge < -0.3 is 0 Å². The second kappa shape index (κ2) is 13.9. The number of hydrogen-bond donors (Lipinski definition) is 0. The van der Waals surface area contributed by atoms with Crippen molar-refractivity contribution in [2.45, 2.75) is 0 Å². The highest BCUT2D eigenvalue weighted by atomic mass is 14.8. The lowest BCUT2D eigenvalue weighted by molar-refractivity contribution is 1.21. The van der Waals surface area contributed by atoms with Gasteiger partial charge in [0.05, 0.1) is 23.3 Å². The van der Waals surface area contributed by atoms with E-state index in [1.165, 1.54) is 81.5 Å². The van der Waals surface area contributed by atoms with Crippen LogP contribution in [0.2, 0.25) is 0 Å². The standard InChI is InChI=1S/C58H36N2/c1-3-13-41(14-4-1)57-58(42-15-5-2-6-16-42)60-54(36-59-57)50-34-33-44(45-19-7-8-20-46(45)50)38-27-25-37(26-28-38)43-31-32-49-52-24-12-18-40-30-29-39-17-11-23-51(55(39)56(40)52)47-21-9-10-22-48(47)53(49)35-43/h1-36H. The third kappa shape index (κ3) is 5.50. The Balaban J connectivity index is 0.975. The lowest BCUT2D eigenvalue weighted by Crippen LogP contribution is -1.97. The first-order valence-electron chi connectivity index (χ1n) is 20.6. The molecule has 0 bridgehead atoms. The van der Waals surface area contributed by atoms with Crippen molar-refractivity contribution < 1.29 is 0 Å². The molecule has 0 aliphatic rings. The minimum atomic E-state index is 0.850. The van der Waals surface area contributed by atoms with Crippen molar-refractivity contribution in [2.75, 3.05) is 0 Å². The molecule has 0 unspecified atom stereocenters. The van der Waals surface area contributed by atoms with E-state index in [4.69, 9.17) is 9.97 Å². The maximum Gasteiger partial charge on any atom is 0.0972 e. The topological polar surface area (TPSA) is 25.8 Å². The molecule has 0 N–H and O–H groups in total. The van der Waals surface area contributed by atoms with Crippen molar-refractivity contribution in [1.29, 1.82) is 0 Å². The zero-order valence-corrected chi connectivity index (χ0v) is 32.7. The zero-order chi connectivity index (χ0) is 39.6. The molecule has 1 heterocycles. The molecule has 278 valence electrons. The van der Waals surface area contributed by atoms with E-state index >= 15 is 0 Å². The predicted molar refractivity (Wildman–Crippen MR) is 254 cm³/mol. The second-order valence-corrected chi connectivity index (χ2v) is 15.6. The van der Waals surface area contributed by atoms with E-state index in [-0.39, 0.29) is 0 Å². The lowest BCUT2D eigenvalue weighted by Gasteiger charge is -2.15. The van der Waals surface area contributed by atoms with E-state index in [9.17, 15) is 0 Å². The Labute approximate surface area is 347 Å². The van der Waals surface area contributed by atoms with Crippen molar-refractivity contribution in [3.8, 4) is 56.0 Å². The normalized spacial score (nSPS) is 11.7. The number of nitrogens with zero attached hydrogens (tertiary/aromatic N) is 2. The van der Waals surface area contributed by atoms with E-state index in [2.05, 4.69) is 188 Å². The summed E-state index contributed by atoms with van der Waals surface area (Å²) >= 11 is 0. The Morgan fingerprint density at radius 3 is 1.40 bits per heavy atom. The first kappa shape index (κ1) is 34.1. The minimum Gasteiger partial charge on any atom is -0.252 e. The molecule has 0 radical (unpaired) electrons. The summed E-state index contributed by atoms with van der Waals surface area (Å²) in [6, 6.07) is 76.8. The molecule has 0 atom stereocenters. The SMILES string of the molecule is c1ccc(-c2ncc(-c3ccc(-c4ccc(-c5ccc6c(c5)c5ccccc5c5cccc7ccc8cccc6c8c75)cc4)c4ccccc34)nc2-c2ccccc2)cc1. The van der Waals surface area contributed by atoms with Gasteiger partial charge in [0, 0.05) is 16.7 Å². The molecule has 0 fully saturated rings. The van der Waals surface area contributed by atoms with Crippen molar-refractivity contribution in [1.82, 2.24) is 9.97 Å². The Kier molecular flexibility index (Phi) is 7.89. The summed E-state index contributed by atoms with van der Waals surface area (Å²) in [6.07, 6.45) is 1.92. The molecule has 12 aromatic rings. The maximum absolute atomic E-state index is 5.31. The molecule has 11 aromatic carbocycles. The van der Waals surface area contributed by atoms with Gasteiger partial charge in [-0.3, -0.25) is 4.98 Å². The Bertz CT molecular complexity index is 3630. The molecule has 0 spiro atoms. The van der Waals surface area contributed by atoms with Crippen LogP contribution in [0, 0.1) is 0 Å². The molecule has 2 nitrogen and oxygen atoms in total. The monoisotopic (exact) mass is 760 g/mol. The molecule has 60 heavy (non-hydrogen) atoms. The molecular weight excluding hydrogens is 725 g/mol. The van der Waals surface area contributed by atoms with Crippen LogP contribution >= 0.6 is 0 Å². The molecule has 1 aromatic heterocycles. The van der Waals surface area contributed by atoms with Gasteiger partial charge in [0.2, 0.25) is 0 Å². The van der Waals surface area contributed by atoms with Crippen LogP contribution in [0.15, 0.2) is 219 Å². The van der Waals surface area contributed by atoms with Crippen LogP contribution in [-0.2, 0) is 0 Å². The van der Waals surface area contributed by atoms with Crippen molar-refractivity contribution in [3.05, 3.63) is 219 Å². The summed E-state index contributed by atoms with van der Waals surface area (Å²) < 4.78 is 0. The van der Waals surface area contributed by atoms with Gasteiger partial charge in [-0.05, 0) is 93.0 Å². The Morgan fingerprint density at radius 1 is 0.267 bits per heavy atom. The molecular formula is C58H36N2. The van der Waals surface area contributed by atoms with Crippen LogP contribution in [0.1, 0.15) is 0 Å². The summed E-state index contributed by atoms with van der Waals surface area (Å²) in [6.45, 7) is 0. The van der Waals surface area contributed by atoms with Gasteiger partial charge >= 0.3 is 0 Å². The average molecular weight is 761 g/mol. The van der Waals surface area contributed by atoms with E-state index in [1.54, 1.807) is 0 Å². The van der Waals surface area contributed by atoms with Gasteiger partial charge in [-0.15, -0.1) is 0 Å². The smallest absolute Gasteiger partial charge is 0.0972 e. The summed E-state index contributed by atoms with van der Waals surface area (Å²) in [4.78, 5) is 10.4. The van der Waals surface area contributed by atoms with E-state index < -0.39 is 0 Å². The number of benzene rings is 10. The van der Waals surface area contributed by atoms with Crippen molar-refractivity contribution >= 4 is 64.6 Å². The summed E-state index contributed by atoms with van der Waals surface area (Å²) in [5.41, 5.74) is 10.5. The Hall–Kier alpha value is -7.94. The number of rotatable bonds is 5. The summed E-state index contributed by atoms with van der Waals surface area (Å²) in [5.74, 6) is 0. The number of hydrogen-bond acceptors (Lipinski definition) is 2. The fourth-order valence-electron chi connectivity index (χ4n) is 9.48. The van der Waals surface area contributed by atoms with Gasteiger partial charge in [-0.25, -0.2) is 4.98 Å². The van der Waals surface area contributed by atoms with Gasteiger partial charge in [0.15, 0.2) is 0 Å². The largest absolute Gasteiger partial charge is 0.252 e. The first-order valence-corrected chi connectivity index (χ1v) is 20.6.